The van der Waals surface area contributed by atoms with E-state index in [0.717, 1.165) is 4.70 Å². The molecule has 0 radical (unpaired) electrons. The van der Waals surface area contributed by atoms with Crippen LogP contribution in [-0.4, -0.2) is 23.0 Å². The second-order valence-corrected chi connectivity index (χ2v) is 5.78. The number of esters is 1. The summed E-state index contributed by atoms with van der Waals surface area (Å²) in [4.78, 5) is 23.9. The molecule has 0 unspecified atom stereocenters. The first kappa shape index (κ1) is 12.2. The third-order valence-corrected chi connectivity index (χ3v) is 4.49. The smallest absolute Gasteiger partial charge is 0.306 e. The monoisotopic (exact) mass is 276 g/mol. The summed E-state index contributed by atoms with van der Waals surface area (Å²) in [5, 5.41) is 10.8. The van der Waals surface area contributed by atoms with Gasteiger partial charge < -0.3 is 9.84 Å². The molecule has 1 aliphatic heterocycles. The summed E-state index contributed by atoms with van der Waals surface area (Å²) < 4.78 is 5.90. The van der Waals surface area contributed by atoms with E-state index in [4.69, 9.17) is 4.74 Å². The molecular weight excluding hydrogens is 264 g/mol. The molecule has 0 saturated carbocycles. The molecule has 4 nitrogen and oxygen atoms in total. The van der Waals surface area contributed by atoms with Gasteiger partial charge in [-0.3, -0.25) is 9.59 Å². The number of ketones is 1. The molecule has 1 aromatic carbocycles. The third-order valence-electron chi connectivity index (χ3n) is 3.32. The highest BCUT2D eigenvalue weighted by atomic mass is 32.1. The number of Topliss-reactive ketones (excluding diaryl/α,β-unsaturated/α-hetero) is 1. The number of cyclic esters (lactones) is 1. The number of fused-ring (bicyclic) bond motifs is 1. The van der Waals surface area contributed by atoms with E-state index in [1.165, 1.54) is 11.3 Å². The van der Waals surface area contributed by atoms with Crippen molar-refractivity contribution in [3.8, 4) is 5.75 Å². The van der Waals surface area contributed by atoms with Gasteiger partial charge in [0, 0.05) is 16.0 Å². The second-order valence-electron chi connectivity index (χ2n) is 4.73. The van der Waals surface area contributed by atoms with Crippen molar-refractivity contribution in [2.45, 2.75) is 19.4 Å². The van der Waals surface area contributed by atoms with Crippen molar-refractivity contribution in [2.75, 3.05) is 0 Å². The largest absolute Gasteiger partial charge is 0.506 e. The standard InChI is InChI=1S/C14H12O4S/c1-7-6-10(15)18-13(7)12(17)14-11(16)8-4-2-3-5-9(8)19-14/h2-5,7,13,16H,6H2,1H3/t7-,13+/m1/s1. The number of ether oxygens (including phenoxy) is 1. The van der Waals surface area contributed by atoms with E-state index in [9.17, 15) is 14.7 Å². The normalized spacial score (nSPS) is 22.7. The Morgan fingerprint density at radius 3 is 2.79 bits per heavy atom. The summed E-state index contributed by atoms with van der Waals surface area (Å²) in [6.45, 7) is 1.80. The predicted octanol–water partition coefficient (Wildman–Crippen LogP) is 2.74. The first-order valence-electron chi connectivity index (χ1n) is 6.02. The Bertz CT molecular complexity index is 673. The molecular formula is C14H12O4S. The van der Waals surface area contributed by atoms with Crippen molar-refractivity contribution in [3.63, 3.8) is 0 Å². The molecule has 0 spiro atoms. The zero-order valence-electron chi connectivity index (χ0n) is 10.3. The number of hydrogen-bond acceptors (Lipinski definition) is 5. The molecule has 2 heterocycles. The quantitative estimate of drug-likeness (QED) is 0.676. The summed E-state index contributed by atoms with van der Waals surface area (Å²) in [5.41, 5.74) is 0. The Morgan fingerprint density at radius 2 is 2.16 bits per heavy atom. The van der Waals surface area contributed by atoms with Gasteiger partial charge >= 0.3 is 5.97 Å². The zero-order valence-corrected chi connectivity index (χ0v) is 11.1. The topological polar surface area (TPSA) is 63.6 Å². The summed E-state index contributed by atoms with van der Waals surface area (Å²) in [5.74, 6) is -0.825. The summed E-state index contributed by atoms with van der Waals surface area (Å²) in [6, 6.07) is 7.27. The second kappa shape index (κ2) is 4.35. The Labute approximate surface area is 113 Å². The highest BCUT2D eigenvalue weighted by molar-refractivity contribution is 7.21. The Hall–Kier alpha value is -1.88. The maximum atomic E-state index is 12.4. The van der Waals surface area contributed by atoms with Crippen molar-refractivity contribution in [2.24, 2.45) is 5.92 Å². The van der Waals surface area contributed by atoms with Gasteiger partial charge in [0.25, 0.3) is 0 Å². The molecule has 1 N–H and O–H groups in total. The Kier molecular flexibility index (Phi) is 2.78. The fourth-order valence-corrected chi connectivity index (χ4v) is 3.38. The molecule has 0 amide bonds. The molecule has 0 bridgehead atoms. The van der Waals surface area contributed by atoms with Gasteiger partial charge in [0.1, 0.15) is 10.6 Å². The molecule has 5 heteroatoms. The van der Waals surface area contributed by atoms with E-state index >= 15 is 0 Å². The lowest BCUT2D eigenvalue weighted by Gasteiger charge is -2.11. The molecule has 2 aromatic rings. The van der Waals surface area contributed by atoms with Gasteiger partial charge in [-0.2, -0.15) is 0 Å². The average Bonchev–Trinajstić information content (AvgIpc) is 2.90. The van der Waals surface area contributed by atoms with Crippen molar-refractivity contribution in [3.05, 3.63) is 29.1 Å². The third kappa shape index (κ3) is 1.90. The average molecular weight is 276 g/mol. The van der Waals surface area contributed by atoms with Crippen LogP contribution < -0.4 is 0 Å². The lowest BCUT2D eigenvalue weighted by molar-refractivity contribution is -0.140. The van der Waals surface area contributed by atoms with Gasteiger partial charge in [0.05, 0.1) is 6.42 Å². The molecule has 0 aliphatic carbocycles. The molecule has 1 aromatic heterocycles. The minimum atomic E-state index is -0.772. The van der Waals surface area contributed by atoms with Crippen molar-refractivity contribution in [1.29, 1.82) is 0 Å². The molecule has 3 rings (SSSR count). The van der Waals surface area contributed by atoms with Crippen molar-refractivity contribution in [1.82, 2.24) is 0 Å². The number of benzene rings is 1. The highest BCUT2D eigenvalue weighted by Crippen LogP contribution is 2.39. The highest BCUT2D eigenvalue weighted by Gasteiger charge is 2.39. The van der Waals surface area contributed by atoms with Gasteiger partial charge in [-0.05, 0) is 12.1 Å². The molecule has 98 valence electrons. The van der Waals surface area contributed by atoms with Crippen LogP contribution in [0.2, 0.25) is 0 Å². The maximum Gasteiger partial charge on any atom is 0.306 e. The maximum absolute atomic E-state index is 12.4. The van der Waals surface area contributed by atoms with E-state index in [1.54, 1.807) is 19.1 Å². The fourth-order valence-electron chi connectivity index (χ4n) is 2.32. The molecule has 2 atom stereocenters. The van der Waals surface area contributed by atoms with Crippen LogP contribution in [-0.2, 0) is 9.53 Å². The van der Waals surface area contributed by atoms with Crippen molar-refractivity contribution < 1.29 is 19.4 Å². The van der Waals surface area contributed by atoms with Crippen LogP contribution >= 0.6 is 11.3 Å². The van der Waals surface area contributed by atoms with Gasteiger partial charge in [-0.1, -0.05) is 19.1 Å². The lowest BCUT2D eigenvalue weighted by atomic mass is 9.99. The number of carbonyl (C=O) groups excluding carboxylic acids is 2. The van der Waals surface area contributed by atoms with Crippen molar-refractivity contribution >= 4 is 33.2 Å². The molecule has 1 fully saturated rings. The van der Waals surface area contributed by atoms with Gasteiger partial charge in [0.15, 0.2) is 6.10 Å². The van der Waals surface area contributed by atoms with Crippen LogP contribution in [0.25, 0.3) is 10.1 Å². The number of carbonyl (C=O) groups is 2. The Morgan fingerprint density at radius 1 is 1.42 bits per heavy atom. The van der Waals surface area contributed by atoms with Crippen LogP contribution in [0.1, 0.15) is 23.0 Å². The molecule has 1 saturated heterocycles. The minimum Gasteiger partial charge on any atom is -0.506 e. The van der Waals surface area contributed by atoms with Gasteiger partial charge in [0.2, 0.25) is 5.78 Å². The molecule has 1 aliphatic rings. The van der Waals surface area contributed by atoms with E-state index < -0.39 is 6.10 Å². The van der Waals surface area contributed by atoms with E-state index in [-0.39, 0.29) is 34.7 Å². The van der Waals surface area contributed by atoms with Crippen LogP contribution in [0.4, 0.5) is 0 Å². The van der Waals surface area contributed by atoms with Gasteiger partial charge in [-0.25, -0.2) is 0 Å². The summed E-state index contributed by atoms with van der Waals surface area (Å²) in [6.07, 6.45) is -0.520. The van der Waals surface area contributed by atoms with Crippen LogP contribution in [0.15, 0.2) is 24.3 Å². The predicted molar refractivity (Wildman–Crippen MR) is 71.5 cm³/mol. The first-order valence-corrected chi connectivity index (χ1v) is 6.83. The van der Waals surface area contributed by atoms with Gasteiger partial charge in [-0.15, -0.1) is 11.3 Å². The van der Waals surface area contributed by atoms with E-state index in [2.05, 4.69) is 0 Å². The van der Waals surface area contributed by atoms with Crippen LogP contribution in [0.5, 0.6) is 5.75 Å². The lowest BCUT2D eigenvalue weighted by Crippen LogP contribution is -2.24. The number of aromatic hydroxyl groups is 1. The summed E-state index contributed by atoms with van der Waals surface area (Å²) >= 11 is 1.23. The number of rotatable bonds is 2. The number of hydrogen-bond donors (Lipinski definition) is 1. The zero-order chi connectivity index (χ0) is 13.6. The fraction of sp³-hybridized carbons (Fsp3) is 0.286. The van der Waals surface area contributed by atoms with E-state index in [0.29, 0.717) is 5.39 Å². The minimum absolute atomic E-state index is 0.0132. The van der Waals surface area contributed by atoms with E-state index in [1.807, 2.05) is 12.1 Å². The Balaban J connectivity index is 2.02. The van der Waals surface area contributed by atoms with Crippen LogP contribution in [0, 0.1) is 5.92 Å². The molecule has 19 heavy (non-hydrogen) atoms. The first-order chi connectivity index (χ1) is 9.08. The van der Waals surface area contributed by atoms with Crippen LogP contribution in [0.3, 0.4) is 0 Å². The SMILES string of the molecule is C[C@@H]1CC(=O)O[C@@H]1C(=O)c1sc2ccccc2c1O. The summed E-state index contributed by atoms with van der Waals surface area (Å²) in [7, 11) is 0. The number of thiophene rings is 1.